The predicted molar refractivity (Wildman–Crippen MR) is 405 cm³/mol. The van der Waals surface area contributed by atoms with Crippen LogP contribution in [0.5, 0.6) is 0 Å². The molecule has 10 fully saturated rings. The molecule has 19 N–H and O–H groups in total. The third-order valence-corrected chi connectivity index (χ3v) is 20.4. The molecule has 0 aromatic rings. The minimum absolute atomic E-state index is 0. The van der Waals surface area contributed by atoms with E-state index in [4.69, 9.17) is 152 Å². The molecule has 22 unspecified atom stereocenters. The quantitative estimate of drug-likeness (QED) is 0.0154. The van der Waals surface area contributed by atoms with Crippen LogP contribution in [0.15, 0.2) is 0 Å². The van der Waals surface area contributed by atoms with Crippen LogP contribution in [0.4, 0.5) is 0 Å². The van der Waals surface area contributed by atoms with E-state index in [0.717, 1.165) is 35.5 Å². The summed E-state index contributed by atoms with van der Waals surface area (Å²) in [6.07, 6.45) is -87.4. The van der Waals surface area contributed by atoms with Gasteiger partial charge in [0.1, 0.15) is 134 Å². The van der Waals surface area contributed by atoms with Crippen molar-refractivity contribution in [3.63, 3.8) is 0 Å². The zero-order valence-electron chi connectivity index (χ0n) is 75.8. The Kier molecular flexibility index (Phi) is 88.6. The van der Waals surface area contributed by atoms with Gasteiger partial charge in [0, 0.05) is 49.1 Å². The van der Waals surface area contributed by atoms with Gasteiger partial charge in [0.15, 0.2) is 106 Å². The summed E-state index contributed by atoms with van der Waals surface area (Å²) in [7, 11) is 6.95. The van der Waals surface area contributed by atoms with Crippen LogP contribution in [-0.4, -0.2) is 507 Å². The minimum Gasteiger partial charge on any atom is -0.435 e. The molecule has 0 saturated carbocycles. The molecule has 10 aliphatic heterocycles. The fourth-order valence-electron chi connectivity index (χ4n) is 13.9. The van der Waals surface area contributed by atoms with Crippen molar-refractivity contribution in [2.75, 3.05) is 42.7 Å². The van der Waals surface area contributed by atoms with Crippen molar-refractivity contribution >= 4 is 64.7 Å². The molecule has 0 aromatic heterocycles. The van der Waals surface area contributed by atoms with Gasteiger partial charge in [-0.2, -0.15) is 0 Å². The summed E-state index contributed by atoms with van der Waals surface area (Å²) in [4.78, 5) is 110. The molecule has 782 valence electrons. The van der Waals surface area contributed by atoms with Crippen LogP contribution < -0.4 is 266 Å². The Morgan fingerprint density at radius 3 is 0.455 bits per heavy atom. The Morgan fingerprint density at radius 2 is 0.301 bits per heavy atom. The molecule has 10 saturated heterocycles. The van der Waals surface area contributed by atoms with Crippen LogP contribution in [0.3, 0.4) is 0 Å². The van der Waals surface area contributed by atoms with Crippen LogP contribution in [0.1, 0.15) is 51.0 Å². The standard InChI is InChI=1S/C26H38O25.C20H30O19.C20H30O18.6CH4.9Na/c1-39-15-7(31)12(36)20(49-23(15)41-3-27)46-17-9(33)14(38)22(51-25(17)43-5-29)47-18-10(34)13(37)21(50-26(18)44-6-30)45-16-8(32)11(35)19(40-2)48-24(16)42-4-28;1-30-12-6(24)10(28)16(38-18(12)32-3-21)36-14-8(26)11(29)17(39-20(14)34-5-23)35-13-7(25)9(27)15(31-2)37-19(13)33-4-22;1-29-8-3-7(24)15(36-16(8)31-4-21)34-13-10(26)12(28)18(38-20(13)33-6-23)35-14-9(25)11(27)17(30-2)37-19(14)32-5-22;;;;;;;;;;;;;;;/h3-26,31-38H,1-2H3;3-20,24-29H,1-2H3;4-20,24-28H,3H2,1-2H3;6*1H4;;;;;;;;;/q;;;;;;;;;9*+1/t7-,8?,9?,10-,11?,12?,13?,14?,15-,16-,17-,18-,19+,20+,21+,22+,23?,24?,25?,26?;6-,7-,8?,9?,10?,11?,12+,13+,14+,15-,16-,17-,18?,19?,20-;7?,8-,9+,10?,11?,12?,13-,14-,15+,16?,17+,18+,19?,20+;;;;;;;;;;;;;;;/m010.............../s1. The van der Waals surface area contributed by atoms with Crippen LogP contribution in [-0.2, 0) is 204 Å². The first-order chi connectivity index (χ1) is 61.2. The van der Waals surface area contributed by atoms with Gasteiger partial charge in [-0.25, -0.2) is 0 Å². The number of carbonyl (C=O) groups is 10. The SMILES string of the molecule is C.C.C.C.C.C.CO[C@@H]1OC(OC=O)[C@@H](O[C@@H]2OC(OC=O)[C@@H](O[C@@H]3OC(OC=O)[C@@H](O[C@@H]4OC(OC=O)[C@@H](OC)[C@@H](O)C4O)C(O)C3O)[C@@H](O)C2O)C(O)C1O.CO[C@@H]1OC(OC=O)[C@@H](O[C@@H]2O[C@@H](OC=O)[C@@H](O[C@@H]3OC(OC=O)[C@@H](OC)CC3O)C(O)C2O)[C@H](O)C1O.CO[C@@H]1OC(OC=O)[C@@H](O[C@@H]2O[C@@H](OC=O)[C@@H](O[C@@H]3OC(OC=O)[C@@H](OC)[C@H](O)C3O)C(O)C2O)[C@H](O)C1O.[Na+].[Na+].[Na+].[Na+].[Na+].[Na+].[Na+].[Na+].[Na+]. The maximum atomic E-state index is 11.3. The zero-order valence-corrected chi connectivity index (χ0v) is 93.8. The molecular formula is C72H122Na9O62+9. The van der Waals surface area contributed by atoms with E-state index in [1.54, 1.807) is 0 Å². The first kappa shape index (κ1) is 160. The molecule has 49 atom stereocenters. The van der Waals surface area contributed by atoms with E-state index < -0.39 is 303 Å². The fourth-order valence-corrected chi connectivity index (χ4v) is 13.9. The van der Waals surface area contributed by atoms with Crippen molar-refractivity contribution in [2.24, 2.45) is 0 Å². The van der Waals surface area contributed by atoms with Gasteiger partial charge in [0.25, 0.3) is 64.7 Å². The van der Waals surface area contributed by atoms with Crippen molar-refractivity contribution < 1.29 is 567 Å². The normalized spacial score (nSPS) is 41.7. The monoisotopic (exact) mass is 2190 g/mol. The van der Waals surface area contributed by atoms with E-state index in [1.807, 2.05) is 0 Å². The molecular weight excluding hydrogens is 2060 g/mol. The smallest absolute Gasteiger partial charge is 0.435 e. The molecule has 10 rings (SSSR count). The van der Waals surface area contributed by atoms with Crippen molar-refractivity contribution in [3.8, 4) is 0 Å². The van der Waals surface area contributed by atoms with Gasteiger partial charge < -0.3 is 253 Å². The Balaban J connectivity index is -0.000000306. The van der Waals surface area contributed by atoms with Gasteiger partial charge in [-0.05, 0) is 0 Å². The number of carbonyl (C=O) groups excluding carboxylic acids is 10. The Bertz CT molecular complexity index is 3420. The van der Waals surface area contributed by atoms with Gasteiger partial charge in [-0.15, -0.1) is 0 Å². The number of rotatable bonds is 40. The molecule has 0 amide bonds. The summed E-state index contributed by atoms with van der Waals surface area (Å²) >= 11 is 0. The number of ether oxygens (including phenoxy) is 33. The molecule has 143 heavy (non-hydrogen) atoms. The summed E-state index contributed by atoms with van der Waals surface area (Å²) in [5.74, 6) is 0. The summed E-state index contributed by atoms with van der Waals surface area (Å²) in [6.45, 7) is -0.673. The van der Waals surface area contributed by atoms with Crippen molar-refractivity contribution in [1.82, 2.24) is 0 Å². The summed E-state index contributed by atoms with van der Waals surface area (Å²) < 4.78 is 169. The minimum atomic E-state index is -2.19. The van der Waals surface area contributed by atoms with Gasteiger partial charge in [0.05, 0.1) is 0 Å². The molecule has 0 bridgehead atoms. The van der Waals surface area contributed by atoms with Crippen LogP contribution in [0.25, 0.3) is 0 Å². The topological polar surface area (TPSA) is 860 Å². The molecule has 0 spiro atoms. The van der Waals surface area contributed by atoms with Crippen LogP contribution in [0, 0.1) is 0 Å². The van der Waals surface area contributed by atoms with Crippen LogP contribution >= 0.6 is 0 Å². The second-order valence-corrected chi connectivity index (χ2v) is 27.8. The second-order valence-electron chi connectivity index (χ2n) is 27.8. The maximum absolute atomic E-state index is 11.3. The van der Waals surface area contributed by atoms with Crippen molar-refractivity contribution in [3.05, 3.63) is 0 Å². The van der Waals surface area contributed by atoms with Crippen LogP contribution in [0.2, 0.25) is 0 Å². The Morgan fingerprint density at radius 1 is 0.168 bits per heavy atom. The number of aliphatic hydroxyl groups is 19. The Hall–Kier alpha value is 2.02. The average Bonchev–Trinajstić information content (AvgIpc) is 0.693. The van der Waals surface area contributed by atoms with E-state index in [9.17, 15) is 145 Å². The van der Waals surface area contributed by atoms with Gasteiger partial charge in [-0.3, -0.25) is 47.9 Å². The summed E-state index contributed by atoms with van der Waals surface area (Å²) in [6, 6.07) is 0. The molecule has 62 nitrogen and oxygen atoms in total. The molecule has 0 aromatic carbocycles. The van der Waals surface area contributed by atoms with Gasteiger partial charge >= 0.3 is 266 Å². The second kappa shape index (κ2) is 79.1. The largest absolute Gasteiger partial charge is 1.00 e. The van der Waals surface area contributed by atoms with E-state index in [-0.39, 0.29) is 382 Å². The molecule has 71 heteroatoms. The average molecular weight is 2190 g/mol. The molecule has 10 aliphatic rings. The van der Waals surface area contributed by atoms with E-state index >= 15 is 0 Å². The predicted octanol–water partition coefficient (Wildman–Crippen LogP) is -41.7. The maximum Gasteiger partial charge on any atom is 1.00 e. The zero-order chi connectivity index (χ0) is 94.4. The molecule has 0 radical (unpaired) electrons. The van der Waals surface area contributed by atoms with E-state index in [2.05, 4.69) is 4.74 Å². The first-order valence-electron chi connectivity index (χ1n) is 37.3. The summed E-state index contributed by atoms with van der Waals surface area (Å²) in [5, 5.41) is 201. The number of aliphatic hydroxyl groups excluding tert-OH is 19. The van der Waals surface area contributed by atoms with Crippen molar-refractivity contribution in [1.29, 1.82) is 0 Å². The Labute approximate surface area is 1020 Å². The number of hydrogen-bond donors (Lipinski definition) is 19. The molecule has 10 heterocycles. The summed E-state index contributed by atoms with van der Waals surface area (Å²) in [5.41, 5.74) is 0. The van der Waals surface area contributed by atoms with Gasteiger partial charge in [0.2, 0.25) is 62.9 Å². The fraction of sp³-hybridized carbons (Fsp3) is 0.861. The first-order valence-corrected chi connectivity index (χ1v) is 37.3. The number of hydrogen-bond acceptors (Lipinski definition) is 62. The van der Waals surface area contributed by atoms with E-state index in [0.29, 0.717) is 0 Å². The third kappa shape index (κ3) is 40.4. The van der Waals surface area contributed by atoms with Gasteiger partial charge in [-0.1, -0.05) is 44.6 Å². The third-order valence-electron chi connectivity index (χ3n) is 20.4. The molecule has 0 aliphatic carbocycles. The van der Waals surface area contributed by atoms with E-state index in [1.165, 1.54) is 7.11 Å². The van der Waals surface area contributed by atoms with Crippen molar-refractivity contribution in [2.45, 2.75) is 354 Å². The number of methoxy groups -OCH3 is 6.